The van der Waals surface area contributed by atoms with Crippen molar-refractivity contribution in [1.29, 1.82) is 5.26 Å². The second-order valence-corrected chi connectivity index (χ2v) is 11.3. The summed E-state index contributed by atoms with van der Waals surface area (Å²) in [5, 5.41) is 12.1. The lowest BCUT2D eigenvalue weighted by Crippen LogP contribution is -2.06. The van der Waals surface area contributed by atoms with Gasteiger partial charge in [0.15, 0.2) is 0 Å². The summed E-state index contributed by atoms with van der Waals surface area (Å²) < 4.78 is 5.18. The van der Waals surface area contributed by atoms with Gasteiger partial charge in [0, 0.05) is 60.7 Å². The smallest absolute Gasteiger partial charge is 0.348 e. The van der Waals surface area contributed by atoms with Gasteiger partial charge in [-0.15, -0.1) is 0 Å². The third-order valence-electron chi connectivity index (χ3n) is 8.61. The van der Waals surface area contributed by atoms with Gasteiger partial charge in [0.1, 0.15) is 11.6 Å². The fraction of sp³-hybridized carbons (Fsp3) is 0.0769. The average molecular weight is 598 g/mol. The topological polar surface area (TPSA) is 107 Å². The highest BCUT2D eigenvalue weighted by atomic mass is 16.5. The van der Waals surface area contributed by atoms with E-state index in [2.05, 4.69) is 64.6 Å². The first-order chi connectivity index (χ1) is 22.5. The molecule has 0 unspecified atom stereocenters. The van der Waals surface area contributed by atoms with Gasteiger partial charge in [-0.05, 0) is 49.8 Å². The van der Waals surface area contributed by atoms with E-state index in [-0.39, 0.29) is 12.2 Å². The van der Waals surface area contributed by atoms with Crippen LogP contribution >= 0.6 is 0 Å². The summed E-state index contributed by atoms with van der Waals surface area (Å²) >= 11 is 0. The SMILES string of the molecule is CCOC(=O)/C(C#N)=C/c1c(C)c2cc3nc(cc4[nH]c(cc5nc(cc1[nH]2)-c1ccccc1-5)c1ccccc41)-c1ccccc1-3. The van der Waals surface area contributed by atoms with Crippen molar-refractivity contribution in [1.82, 2.24) is 19.9 Å². The second kappa shape index (κ2) is 10.7. The Morgan fingerprint density at radius 2 is 1.15 bits per heavy atom. The molecule has 0 atom stereocenters. The minimum Gasteiger partial charge on any atom is -0.462 e. The number of fused-ring (bicyclic) bond motifs is 17. The third kappa shape index (κ3) is 4.39. The van der Waals surface area contributed by atoms with Gasteiger partial charge in [-0.1, -0.05) is 72.8 Å². The number of rotatable bonds is 3. The summed E-state index contributed by atoms with van der Waals surface area (Å²) in [6.45, 7) is 3.87. The zero-order chi connectivity index (χ0) is 31.4. The van der Waals surface area contributed by atoms with Gasteiger partial charge in [0.05, 0.1) is 29.4 Å². The van der Waals surface area contributed by atoms with Crippen LogP contribution in [0.1, 0.15) is 18.1 Å². The third-order valence-corrected chi connectivity index (χ3v) is 8.61. The van der Waals surface area contributed by atoms with Crippen LogP contribution in [-0.2, 0) is 9.53 Å². The Labute approximate surface area is 264 Å². The number of H-pyrrole nitrogens is 2. The number of nitriles is 1. The molecule has 0 radical (unpaired) electrons. The number of hydrogen-bond donors (Lipinski definition) is 2. The molecule has 0 aliphatic carbocycles. The van der Waals surface area contributed by atoms with Crippen molar-refractivity contribution in [3.05, 3.63) is 114 Å². The molecule has 8 rings (SSSR count). The van der Waals surface area contributed by atoms with Crippen LogP contribution in [0.15, 0.2) is 103 Å². The molecular weight excluding hydrogens is 570 g/mol. The van der Waals surface area contributed by atoms with E-state index in [4.69, 9.17) is 14.7 Å². The molecule has 0 saturated heterocycles. The standard InChI is InChI=1S/C39H27N5O2/c1-3-46-39(45)23(21-40)16-30-22(2)31-17-32-24-10-4-5-11-25(24)33(42-32)18-34-26-12-6-7-13-27(26)35(43-34)19-36-28-14-8-9-15-29(28)37(44-36)20-38(30)41-31/h4-20,41,43H,3H2,1-2H3/b23-16+,31-17?,32-17?,33-18?,34-18?,35-19?,36-19?,37-20?,38-20?. The molecular formula is C39H27N5O2. The minimum atomic E-state index is -0.657. The van der Waals surface area contributed by atoms with Gasteiger partial charge in [-0.3, -0.25) is 0 Å². The number of ether oxygens (including phenoxy) is 1. The molecule has 8 bridgehead atoms. The Morgan fingerprint density at radius 3 is 1.63 bits per heavy atom. The van der Waals surface area contributed by atoms with Crippen molar-refractivity contribution in [2.75, 3.05) is 6.61 Å². The van der Waals surface area contributed by atoms with Crippen molar-refractivity contribution >= 4 is 44.9 Å². The first-order valence-electron chi connectivity index (χ1n) is 15.1. The van der Waals surface area contributed by atoms with Crippen molar-refractivity contribution in [3.63, 3.8) is 0 Å². The number of aromatic nitrogens is 4. The highest BCUT2D eigenvalue weighted by Crippen LogP contribution is 2.40. The fourth-order valence-electron chi connectivity index (χ4n) is 6.39. The molecule has 2 aliphatic heterocycles. The molecule has 7 heteroatoms. The summed E-state index contributed by atoms with van der Waals surface area (Å²) in [4.78, 5) is 30.1. The van der Waals surface area contributed by atoms with Gasteiger partial charge in [0.25, 0.3) is 0 Å². The van der Waals surface area contributed by atoms with E-state index in [1.807, 2.05) is 55.5 Å². The average Bonchev–Trinajstić information content (AvgIpc) is 3.79. The minimum absolute atomic E-state index is 0.0756. The highest BCUT2D eigenvalue weighted by molar-refractivity contribution is 6.08. The summed E-state index contributed by atoms with van der Waals surface area (Å²) in [6, 6.07) is 35.0. The monoisotopic (exact) mass is 597 g/mol. The maximum absolute atomic E-state index is 12.7. The number of carbonyl (C=O) groups excluding carboxylic acids is 1. The van der Waals surface area contributed by atoms with E-state index < -0.39 is 5.97 Å². The van der Waals surface area contributed by atoms with E-state index in [0.29, 0.717) is 5.56 Å². The molecule has 0 fully saturated rings. The van der Waals surface area contributed by atoms with Crippen molar-refractivity contribution in [3.8, 4) is 51.1 Å². The molecule has 3 aromatic carbocycles. The molecule has 0 amide bonds. The van der Waals surface area contributed by atoms with Crippen molar-refractivity contribution in [2.45, 2.75) is 13.8 Å². The number of hydrogen-bond acceptors (Lipinski definition) is 5. The Bertz CT molecular complexity index is 2490. The van der Waals surface area contributed by atoms with E-state index in [0.717, 1.165) is 83.4 Å². The van der Waals surface area contributed by atoms with Crippen LogP contribution in [0.3, 0.4) is 0 Å². The summed E-state index contributed by atoms with van der Waals surface area (Å²) in [5.41, 5.74) is 12.3. The molecule has 2 aliphatic rings. The Balaban J connectivity index is 1.54. The number of aromatic amines is 2. The number of aryl methyl sites for hydroxylation is 1. The van der Waals surface area contributed by atoms with Crippen molar-refractivity contribution in [2.24, 2.45) is 0 Å². The molecule has 5 heterocycles. The Hall–Kier alpha value is -6.26. The zero-order valence-electron chi connectivity index (χ0n) is 25.2. The zero-order valence-corrected chi connectivity index (χ0v) is 25.2. The van der Waals surface area contributed by atoms with Gasteiger partial charge in [-0.25, -0.2) is 14.8 Å². The number of esters is 1. The first-order valence-corrected chi connectivity index (χ1v) is 15.1. The largest absolute Gasteiger partial charge is 0.462 e. The number of benzene rings is 3. The van der Waals surface area contributed by atoms with Gasteiger partial charge in [-0.2, -0.15) is 5.26 Å². The van der Waals surface area contributed by atoms with Crippen LogP contribution in [0.4, 0.5) is 0 Å². The van der Waals surface area contributed by atoms with Gasteiger partial charge in [0.2, 0.25) is 0 Å². The molecule has 6 aromatic rings. The number of carbonyl (C=O) groups is 1. The summed E-state index contributed by atoms with van der Waals surface area (Å²) in [5.74, 6) is -0.657. The lowest BCUT2D eigenvalue weighted by atomic mass is 10.0. The van der Waals surface area contributed by atoms with Crippen LogP contribution in [0.25, 0.3) is 83.9 Å². The molecule has 2 N–H and O–H groups in total. The molecule has 7 nitrogen and oxygen atoms in total. The predicted octanol–water partition coefficient (Wildman–Crippen LogP) is 8.91. The maximum atomic E-state index is 12.7. The first kappa shape index (κ1) is 27.3. The molecule has 46 heavy (non-hydrogen) atoms. The Kier molecular flexibility index (Phi) is 6.36. The fourth-order valence-corrected chi connectivity index (χ4v) is 6.39. The summed E-state index contributed by atoms with van der Waals surface area (Å²) in [7, 11) is 0. The van der Waals surface area contributed by atoms with Crippen LogP contribution < -0.4 is 0 Å². The maximum Gasteiger partial charge on any atom is 0.348 e. The number of nitrogens with zero attached hydrogens (tertiary/aromatic N) is 3. The van der Waals surface area contributed by atoms with E-state index in [9.17, 15) is 10.1 Å². The number of nitrogens with one attached hydrogen (secondary N) is 2. The van der Waals surface area contributed by atoms with E-state index >= 15 is 0 Å². The molecule has 0 spiro atoms. The Morgan fingerprint density at radius 1 is 0.717 bits per heavy atom. The van der Waals surface area contributed by atoms with E-state index in [1.54, 1.807) is 13.0 Å². The highest BCUT2D eigenvalue weighted by Gasteiger charge is 2.20. The van der Waals surface area contributed by atoms with Crippen molar-refractivity contribution < 1.29 is 9.53 Å². The lowest BCUT2D eigenvalue weighted by molar-refractivity contribution is -0.137. The van der Waals surface area contributed by atoms with Crippen LogP contribution in [0, 0.1) is 18.3 Å². The predicted molar refractivity (Wildman–Crippen MR) is 182 cm³/mol. The van der Waals surface area contributed by atoms with Crippen LogP contribution in [0.2, 0.25) is 0 Å². The molecule has 3 aromatic heterocycles. The second-order valence-electron chi connectivity index (χ2n) is 11.3. The van der Waals surface area contributed by atoms with Crippen LogP contribution in [0.5, 0.6) is 0 Å². The van der Waals surface area contributed by atoms with Gasteiger partial charge < -0.3 is 14.7 Å². The summed E-state index contributed by atoms with van der Waals surface area (Å²) in [6.07, 6.45) is 1.60. The van der Waals surface area contributed by atoms with E-state index in [1.165, 1.54) is 0 Å². The van der Waals surface area contributed by atoms with Crippen LogP contribution in [-0.4, -0.2) is 32.5 Å². The van der Waals surface area contributed by atoms with Gasteiger partial charge >= 0.3 is 5.97 Å². The lowest BCUT2D eigenvalue weighted by Gasteiger charge is -2.00. The molecule has 0 saturated carbocycles. The molecule has 220 valence electrons. The quantitative estimate of drug-likeness (QED) is 0.120. The normalized spacial score (nSPS) is 12.0.